The first-order valence-electron chi connectivity index (χ1n) is 8.39. The van der Waals surface area contributed by atoms with Gasteiger partial charge in [-0.05, 0) is 26.8 Å². The van der Waals surface area contributed by atoms with Crippen LogP contribution in [0.2, 0.25) is 0 Å². The van der Waals surface area contributed by atoms with Gasteiger partial charge >= 0.3 is 12.1 Å². The van der Waals surface area contributed by atoms with Gasteiger partial charge in [0, 0.05) is 24.3 Å². The third-order valence-electron chi connectivity index (χ3n) is 4.27. The average Bonchev–Trinajstić information content (AvgIpc) is 3.06. The molecule has 0 unspecified atom stereocenters. The van der Waals surface area contributed by atoms with Gasteiger partial charge in [-0.1, -0.05) is 18.2 Å². The molecule has 0 saturated carbocycles. The van der Waals surface area contributed by atoms with Crippen molar-refractivity contribution in [3.8, 4) is 0 Å². The molecule has 2 aromatic rings. The molecule has 3 rings (SSSR count). The van der Waals surface area contributed by atoms with E-state index >= 15 is 0 Å². The van der Waals surface area contributed by atoms with Crippen molar-refractivity contribution in [2.24, 2.45) is 0 Å². The monoisotopic (exact) mass is 358 g/mol. The second-order valence-corrected chi connectivity index (χ2v) is 7.27. The van der Waals surface area contributed by atoms with E-state index in [0.717, 1.165) is 10.9 Å². The van der Waals surface area contributed by atoms with E-state index in [4.69, 9.17) is 9.47 Å². The number of carbonyl (C=O) groups excluding carboxylic acids is 3. The van der Waals surface area contributed by atoms with Crippen LogP contribution >= 0.6 is 0 Å². The fraction of sp³-hybridized carbons (Fsp3) is 0.421. The summed E-state index contributed by atoms with van der Waals surface area (Å²) in [5.74, 6) is -0.420. The lowest BCUT2D eigenvalue weighted by Crippen LogP contribution is -2.47. The zero-order valence-corrected chi connectivity index (χ0v) is 15.5. The van der Waals surface area contributed by atoms with E-state index in [1.54, 1.807) is 20.8 Å². The van der Waals surface area contributed by atoms with Crippen LogP contribution in [-0.4, -0.2) is 41.3 Å². The Balaban J connectivity index is 2.23. The molecule has 1 aliphatic heterocycles. The molecule has 1 amide bonds. The van der Waals surface area contributed by atoms with Gasteiger partial charge in [-0.3, -0.25) is 9.36 Å². The number of ether oxygens (including phenoxy) is 2. The Morgan fingerprint density at radius 3 is 2.38 bits per heavy atom. The highest BCUT2D eigenvalue weighted by molar-refractivity contribution is 6.08. The predicted molar refractivity (Wildman–Crippen MR) is 96.5 cm³/mol. The Labute approximate surface area is 151 Å². The second kappa shape index (κ2) is 6.16. The molecule has 0 saturated heterocycles. The van der Waals surface area contributed by atoms with Crippen LogP contribution in [0.4, 0.5) is 10.6 Å². The Kier molecular flexibility index (Phi) is 4.26. The maximum atomic E-state index is 12.9. The smallest absolute Gasteiger partial charge is 0.416 e. The van der Waals surface area contributed by atoms with E-state index in [1.165, 1.54) is 23.5 Å². The number of para-hydroxylation sites is 1. The van der Waals surface area contributed by atoms with Gasteiger partial charge < -0.3 is 9.47 Å². The maximum absolute atomic E-state index is 12.9. The number of nitrogens with zero attached hydrogens (tertiary/aromatic N) is 2. The third-order valence-corrected chi connectivity index (χ3v) is 4.27. The molecule has 0 aliphatic carbocycles. The first-order chi connectivity index (χ1) is 12.2. The minimum Gasteiger partial charge on any atom is -0.467 e. The standard InChI is InChI=1S/C19H22N2O5/c1-11(22)20-14-9-7-6-8-12(14)13-10-15(17(23)25-5)21(16(13)20)18(24)26-19(2,3)4/h6-9,15H,10H2,1-5H3/t15-/m0/s1. The molecule has 0 bridgehead atoms. The highest BCUT2D eigenvalue weighted by Crippen LogP contribution is 2.41. The average molecular weight is 358 g/mol. The number of fused-ring (bicyclic) bond motifs is 3. The maximum Gasteiger partial charge on any atom is 0.416 e. The summed E-state index contributed by atoms with van der Waals surface area (Å²) in [7, 11) is 1.27. The number of anilines is 1. The van der Waals surface area contributed by atoms with Gasteiger partial charge in [0.25, 0.3) is 0 Å². The molecule has 0 radical (unpaired) electrons. The van der Waals surface area contributed by atoms with E-state index in [2.05, 4.69) is 0 Å². The van der Waals surface area contributed by atoms with Crippen molar-refractivity contribution in [1.82, 2.24) is 4.57 Å². The highest BCUT2D eigenvalue weighted by Gasteiger charge is 2.45. The van der Waals surface area contributed by atoms with Crippen molar-refractivity contribution in [2.75, 3.05) is 12.0 Å². The minimum atomic E-state index is -0.866. The van der Waals surface area contributed by atoms with Gasteiger partial charge in [-0.15, -0.1) is 0 Å². The lowest BCUT2D eigenvalue weighted by molar-refractivity contribution is -0.142. The summed E-state index contributed by atoms with van der Waals surface area (Å²) in [5.41, 5.74) is 0.715. The normalized spacial score (nSPS) is 16.5. The summed E-state index contributed by atoms with van der Waals surface area (Å²) in [4.78, 5) is 38.8. The van der Waals surface area contributed by atoms with E-state index < -0.39 is 23.7 Å². The topological polar surface area (TPSA) is 77.8 Å². The summed E-state index contributed by atoms with van der Waals surface area (Å²) in [6.45, 7) is 6.66. The van der Waals surface area contributed by atoms with Crippen LogP contribution in [0.1, 0.15) is 38.1 Å². The van der Waals surface area contributed by atoms with Crippen LogP contribution in [-0.2, 0) is 20.7 Å². The van der Waals surface area contributed by atoms with Gasteiger partial charge in [0.2, 0.25) is 5.91 Å². The number of hydrogen-bond donors (Lipinski definition) is 0. The van der Waals surface area contributed by atoms with Crippen LogP contribution in [0.5, 0.6) is 0 Å². The molecule has 1 aromatic heterocycles. The summed E-state index contributed by atoms with van der Waals surface area (Å²) >= 11 is 0. The number of hydrogen-bond acceptors (Lipinski definition) is 5. The van der Waals surface area contributed by atoms with E-state index in [9.17, 15) is 14.4 Å². The van der Waals surface area contributed by atoms with Crippen LogP contribution in [0.3, 0.4) is 0 Å². The number of methoxy groups -OCH3 is 1. The largest absolute Gasteiger partial charge is 0.467 e. The van der Waals surface area contributed by atoms with Crippen LogP contribution < -0.4 is 4.90 Å². The SMILES string of the molecule is COC(=O)[C@@H]1Cc2c(n(C(C)=O)c3ccccc23)N1C(=O)OC(C)(C)C. The zero-order chi connectivity index (χ0) is 19.2. The molecule has 7 heteroatoms. The number of benzene rings is 1. The van der Waals surface area contributed by atoms with Crippen LogP contribution in [0.25, 0.3) is 10.9 Å². The second-order valence-electron chi connectivity index (χ2n) is 7.27. The Morgan fingerprint density at radius 1 is 1.15 bits per heavy atom. The molecule has 1 aromatic carbocycles. The van der Waals surface area contributed by atoms with Crippen molar-refractivity contribution in [2.45, 2.75) is 45.8 Å². The third kappa shape index (κ3) is 2.83. The Morgan fingerprint density at radius 2 is 1.81 bits per heavy atom. The first-order valence-corrected chi connectivity index (χ1v) is 8.39. The molecule has 0 N–H and O–H groups in total. The minimum absolute atomic E-state index is 0.249. The molecule has 0 fully saturated rings. The summed E-state index contributed by atoms with van der Waals surface area (Å²) in [6, 6.07) is 6.51. The summed E-state index contributed by atoms with van der Waals surface area (Å²) in [5, 5.41) is 0.831. The molecule has 7 nitrogen and oxygen atoms in total. The molecule has 1 atom stereocenters. The van der Waals surface area contributed by atoms with Gasteiger partial charge in [0.05, 0.1) is 12.6 Å². The highest BCUT2D eigenvalue weighted by atomic mass is 16.6. The first kappa shape index (κ1) is 18.0. The van der Waals surface area contributed by atoms with E-state index in [0.29, 0.717) is 11.3 Å². The lowest BCUT2D eigenvalue weighted by atomic mass is 10.1. The predicted octanol–water partition coefficient (Wildman–Crippen LogP) is 3.14. The Bertz CT molecular complexity index is 907. The molecular weight excluding hydrogens is 336 g/mol. The van der Waals surface area contributed by atoms with E-state index in [-0.39, 0.29) is 12.3 Å². The number of carbonyl (C=O) groups is 3. The number of aromatic nitrogens is 1. The van der Waals surface area contributed by atoms with Gasteiger partial charge in [0.15, 0.2) is 0 Å². The van der Waals surface area contributed by atoms with Crippen molar-refractivity contribution in [1.29, 1.82) is 0 Å². The van der Waals surface area contributed by atoms with Gasteiger partial charge in [-0.25, -0.2) is 14.5 Å². The van der Waals surface area contributed by atoms with Gasteiger partial charge in [0.1, 0.15) is 17.5 Å². The fourth-order valence-corrected chi connectivity index (χ4v) is 3.35. The molecule has 1 aliphatic rings. The number of esters is 1. The van der Waals surface area contributed by atoms with Gasteiger partial charge in [-0.2, -0.15) is 0 Å². The molecular formula is C19H22N2O5. The fourth-order valence-electron chi connectivity index (χ4n) is 3.35. The van der Waals surface area contributed by atoms with Crippen molar-refractivity contribution in [3.05, 3.63) is 29.8 Å². The zero-order valence-electron chi connectivity index (χ0n) is 15.5. The number of rotatable bonds is 1. The van der Waals surface area contributed by atoms with Crippen molar-refractivity contribution >= 4 is 34.7 Å². The van der Waals surface area contributed by atoms with E-state index in [1.807, 2.05) is 24.3 Å². The van der Waals surface area contributed by atoms with Crippen molar-refractivity contribution < 1.29 is 23.9 Å². The molecule has 2 heterocycles. The molecule has 0 spiro atoms. The van der Waals surface area contributed by atoms with Crippen LogP contribution in [0, 0.1) is 0 Å². The summed E-state index contributed by atoms with van der Waals surface area (Å²) in [6.07, 6.45) is -0.417. The summed E-state index contributed by atoms with van der Waals surface area (Å²) < 4.78 is 11.8. The quantitative estimate of drug-likeness (QED) is 0.732. The Hall–Kier alpha value is -2.83. The van der Waals surface area contributed by atoms with Crippen LogP contribution in [0.15, 0.2) is 24.3 Å². The number of amides is 1. The van der Waals surface area contributed by atoms with Crippen molar-refractivity contribution in [3.63, 3.8) is 0 Å². The molecule has 138 valence electrons. The lowest BCUT2D eigenvalue weighted by Gasteiger charge is -2.28. The molecule has 26 heavy (non-hydrogen) atoms.